The number of carbonyl (C=O) groups excluding carboxylic acids is 1. The Kier molecular flexibility index (Phi) is 15.6. The minimum atomic E-state index is -4.29. The molecule has 0 saturated heterocycles. The molecule has 0 atom stereocenters. The molecular formula is C18H24K2NO5P. The van der Waals surface area contributed by atoms with Crippen LogP contribution in [0.3, 0.4) is 0 Å². The van der Waals surface area contributed by atoms with Crippen molar-refractivity contribution >= 4 is 13.5 Å². The van der Waals surface area contributed by atoms with Crippen LogP contribution in [0.5, 0.6) is 11.5 Å². The number of para-hydroxylation sites is 1. The van der Waals surface area contributed by atoms with Crippen LogP contribution < -0.4 is 113 Å². The van der Waals surface area contributed by atoms with E-state index in [1.54, 1.807) is 0 Å². The number of benzene rings is 2. The van der Waals surface area contributed by atoms with Gasteiger partial charge in [-0.05, 0) is 49.1 Å². The Labute approximate surface area is 247 Å². The van der Waals surface area contributed by atoms with Gasteiger partial charge in [0.25, 0.3) is 0 Å². The molecule has 1 amide bonds. The molecule has 0 aromatic heterocycles. The van der Waals surface area contributed by atoms with Gasteiger partial charge in [0.2, 0.25) is 5.91 Å². The zero-order valence-corrected chi connectivity index (χ0v) is 22.9. The summed E-state index contributed by atoms with van der Waals surface area (Å²) in [5, 5.41) is 2.51. The van der Waals surface area contributed by atoms with Gasteiger partial charge in [0, 0.05) is 6.54 Å². The molecular weight excluding hydrogens is 419 g/mol. The Morgan fingerprint density at radius 1 is 1.00 bits per heavy atom. The minimum absolute atomic E-state index is 0. The number of hydrogen-bond acceptors (Lipinski definition) is 3. The first kappa shape index (κ1) is 28.1. The SMILES string of the molecule is O=C(CP(=O)(O)O)NCCCCc1cccc(Oc2ccccc2)c1.[H-].[H-].[K+].[K+]. The van der Waals surface area contributed by atoms with Crippen LogP contribution in [-0.2, 0) is 15.8 Å². The fourth-order valence-electron chi connectivity index (χ4n) is 2.31. The Morgan fingerprint density at radius 2 is 1.67 bits per heavy atom. The molecule has 2 aromatic rings. The van der Waals surface area contributed by atoms with Gasteiger partial charge < -0.3 is 22.7 Å². The summed E-state index contributed by atoms with van der Waals surface area (Å²) in [5.41, 5.74) is 1.13. The summed E-state index contributed by atoms with van der Waals surface area (Å²) in [6.45, 7) is 0.402. The maximum atomic E-state index is 11.3. The number of rotatable bonds is 9. The average molecular weight is 444 g/mol. The molecule has 3 N–H and O–H groups in total. The molecule has 0 radical (unpaired) electrons. The zero-order valence-electron chi connectivity index (χ0n) is 17.8. The van der Waals surface area contributed by atoms with Crippen molar-refractivity contribution in [2.75, 3.05) is 12.7 Å². The molecule has 2 aromatic carbocycles. The monoisotopic (exact) mass is 443 g/mol. The minimum Gasteiger partial charge on any atom is -1.00 e. The van der Waals surface area contributed by atoms with E-state index in [0.717, 1.165) is 36.3 Å². The first-order valence-electron chi connectivity index (χ1n) is 8.05. The Balaban J connectivity index is -0.00000169. The molecule has 0 aliphatic heterocycles. The molecule has 9 heteroatoms. The molecule has 0 saturated carbocycles. The van der Waals surface area contributed by atoms with Crippen molar-refractivity contribution < 1.29 is 130 Å². The third-order valence-electron chi connectivity index (χ3n) is 3.44. The molecule has 27 heavy (non-hydrogen) atoms. The van der Waals surface area contributed by atoms with E-state index >= 15 is 0 Å². The Hall–Kier alpha value is 1.13. The van der Waals surface area contributed by atoms with E-state index in [2.05, 4.69) is 5.32 Å². The summed E-state index contributed by atoms with van der Waals surface area (Å²) in [6, 6.07) is 17.4. The van der Waals surface area contributed by atoms with Crippen LogP contribution in [0.1, 0.15) is 21.3 Å². The van der Waals surface area contributed by atoms with Gasteiger partial charge in [-0.25, -0.2) is 0 Å². The van der Waals surface area contributed by atoms with E-state index in [-0.39, 0.29) is 106 Å². The quantitative estimate of drug-likeness (QED) is 0.223. The van der Waals surface area contributed by atoms with Gasteiger partial charge in [-0.1, -0.05) is 30.3 Å². The topological polar surface area (TPSA) is 95.9 Å². The second-order valence-electron chi connectivity index (χ2n) is 5.69. The maximum Gasteiger partial charge on any atom is 1.00 e. The van der Waals surface area contributed by atoms with Crippen molar-refractivity contribution in [3.05, 3.63) is 60.2 Å². The van der Waals surface area contributed by atoms with Gasteiger partial charge in [-0.2, -0.15) is 0 Å². The largest absolute Gasteiger partial charge is 1.00 e. The van der Waals surface area contributed by atoms with Gasteiger partial charge in [0.05, 0.1) is 0 Å². The molecule has 0 unspecified atom stereocenters. The summed E-state index contributed by atoms with van der Waals surface area (Å²) in [7, 11) is -4.29. The molecule has 0 spiro atoms. The van der Waals surface area contributed by atoms with E-state index in [1.165, 1.54) is 0 Å². The Bertz CT molecular complexity index is 750. The summed E-state index contributed by atoms with van der Waals surface area (Å²) in [5.74, 6) is 0.942. The number of amides is 1. The predicted octanol–water partition coefficient (Wildman–Crippen LogP) is -2.67. The van der Waals surface area contributed by atoms with Crippen LogP contribution in [0.25, 0.3) is 0 Å². The zero-order chi connectivity index (χ0) is 18.1. The van der Waals surface area contributed by atoms with Gasteiger partial charge in [-0.3, -0.25) is 9.36 Å². The van der Waals surface area contributed by atoms with Crippen LogP contribution >= 0.6 is 7.60 Å². The van der Waals surface area contributed by atoms with Gasteiger partial charge in [0.1, 0.15) is 17.7 Å². The number of nitrogens with one attached hydrogen (secondary N) is 1. The third kappa shape index (κ3) is 13.1. The van der Waals surface area contributed by atoms with E-state index in [9.17, 15) is 9.36 Å². The van der Waals surface area contributed by atoms with E-state index in [1.807, 2.05) is 54.6 Å². The summed E-state index contributed by atoms with van der Waals surface area (Å²) < 4.78 is 16.5. The van der Waals surface area contributed by atoms with E-state index in [0.29, 0.717) is 6.54 Å². The summed E-state index contributed by atoms with van der Waals surface area (Å²) in [6.07, 6.45) is 1.66. The van der Waals surface area contributed by atoms with Crippen LogP contribution in [-0.4, -0.2) is 28.4 Å². The predicted molar refractivity (Wildman–Crippen MR) is 98.0 cm³/mol. The molecule has 2 rings (SSSR count). The van der Waals surface area contributed by atoms with Crippen LogP contribution in [0.15, 0.2) is 54.6 Å². The van der Waals surface area contributed by atoms with E-state index < -0.39 is 19.7 Å². The first-order chi connectivity index (χ1) is 11.9. The van der Waals surface area contributed by atoms with Crippen molar-refractivity contribution in [2.45, 2.75) is 19.3 Å². The first-order valence-corrected chi connectivity index (χ1v) is 9.85. The van der Waals surface area contributed by atoms with Crippen molar-refractivity contribution in [2.24, 2.45) is 0 Å². The second kappa shape index (κ2) is 15.0. The number of hydrogen-bond donors (Lipinski definition) is 3. The smallest absolute Gasteiger partial charge is 1.00 e. The molecule has 0 aliphatic carbocycles. The van der Waals surface area contributed by atoms with Crippen molar-refractivity contribution in [3.63, 3.8) is 0 Å². The molecule has 0 heterocycles. The van der Waals surface area contributed by atoms with Crippen LogP contribution in [0.2, 0.25) is 0 Å². The van der Waals surface area contributed by atoms with Crippen LogP contribution in [0, 0.1) is 0 Å². The standard InChI is InChI=1S/C18H22NO5P.2K.2H/c20-18(14-25(21,22)23)19-12-5-4-7-15-8-6-11-17(13-15)24-16-9-2-1-3-10-16;;;;/h1-3,6,8-11,13H,4-5,7,12,14H2,(H,19,20)(H2,21,22,23);;;;/q;2*+1;2*-1. The number of ether oxygens (including phenoxy) is 1. The summed E-state index contributed by atoms with van der Waals surface area (Å²) in [4.78, 5) is 28.7. The van der Waals surface area contributed by atoms with Gasteiger partial charge in [-0.15, -0.1) is 0 Å². The molecule has 138 valence electrons. The fraction of sp³-hybridized carbons (Fsp3) is 0.278. The van der Waals surface area contributed by atoms with Crippen LogP contribution in [0.4, 0.5) is 0 Å². The Morgan fingerprint density at radius 3 is 2.33 bits per heavy atom. The summed E-state index contributed by atoms with van der Waals surface area (Å²) >= 11 is 0. The number of unbranched alkanes of at least 4 members (excludes halogenated alkanes) is 1. The second-order valence-corrected chi connectivity index (χ2v) is 7.34. The third-order valence-corrected chi connectivity index (χ3v) is 4.14. The number of aryl methyl sites for hydroxylation is 1. The van der Waals surface area contributed by atoms with Crippen molar-refractivity contribution in [1.82, 2.24) is 5.32 Å². The van der Waals surface area contributed by atoms with Crippen molar-refractivity contribution in [3.8, 4) is 11.5 Å². The normalized spacial score (nSPS) is 10.3. The molecule has 6 nitrogen and oxygen atoms in total. The van der Waals surface area contributed by atoms with E-state index in [4.69, 9.17) is 14.5 Å². The average Bonchev–Trinajstić information content (AvgIpc) is 2.54. The maximum absolute atomic E-state index is 11.3. The molecule has 0 fully saturated rings. The van der Waals surface area contributed by atoms with Crippen molar-refractivity contribution in [1.29, 1.82) is 0 Å². The molecule has 0 bridgehead atoms. The van der Waals surface area contributed by atoms with Gasteiger partial charge >= 0.3 is 110 Å². The van der Waals surface area contributed by atoms with Gasteiger partial charge in [0.15, 0.2) is 0 Å². The molecule has 0 aliphatic rings. The number of carbonyl (C=O) groups is 1. The fourth-order valence-corrected chi connectivity index (χ4v) is 2.80.